The molecule has 0 saturated carbocycles. The first-order chi connectivity index (χ1) is 13.5. The Morgan fingerprint density at radius 3 is 2.86 bits per heavy atom. The van der Waals surface area contributed by atoms with Crippen molar-refractivity contribution in [2.45, 2.75) is 52.1 Å². The summed E-state index contributed by atoms with van der Waals surface area (Å²) in [5.74, 6) is 1.43. The molecular formula is C21H29N5O2. The first-order valence-corrected chi connectivity index (χ1v) is 9.86. The lowest BCUT2D eigenvalue weighted by molar-refractivity contribution is -0.125. The van der Waals surface area contributed by atoms with E-state index in [-0.39, 0.29) is 18.6 Å². The fourth-order valence-electron chi connectivity index (χ4n) is 3.64. The van der Waals surface area contributed by atoms with Gasteiger partial charge in [-0.05, 0) is 32.3 Å². The molecule has 0 radical (unpaired) electrons. The Labute approximate surface area is 165 Å². The molecule has 0 spiro atoms. The smallest absolute Gasteiger partial charge is 0.246 e. The number of nitrogens with two attached hydrogens (primary N) is 1. The highest BCUT2D eigenvalue weighted by molar-refractivity contribution is 6.06. The molecule has 0 aliphatic heterocycles. The molecule has 3 N–H and O–H groups in total. The predicted molar refractivity (Wildman–Crippen MR) is 112 cm³/mol. The maximum atomic E-state index is 11.7. The van der Waals surface area contributed by atoms with E-state index in [9.17, 15) is 4.79 Å². The molecule has 1 aromatic carbocycles. The maximum Gasteiger partial charge on any atom is 0.246 e. The summed E-state index contributed by atoms with van der Waals surface area (Å²) in [5, 5.41) is 4.03. The number of rotatable bonds is 9. The summed E-state index contributed by atoms with van der Waals surface area (Å²) in [6.45, 7) is 5.08. The highest BCUT2D eigenvalue weighted by atomic mass is 16.5. The minimum atomic E-state index is -0.0837. The molecule has 2 aromatic heterocycles. The van der Waals surface area contributed by atoms with Crippen LogP contribution in [0.15, 0.2) is 24.3 Å². The molecule has 3 rings (SSSR count). The molecule has 1 atom stereocenters. The number of anilines is 1. The SMILES string of the molecule is CCCc1nc2c(N)nc3ccccc3c2n1CCCC(C)NC(=O)COC. The summed E-state index contributed by atoms with van der Waals surface area (Å²) in [7, 11) is 1.52. The number of nitrogens with one attached hydrogen (secondary N) is 1. The van der Waals surface area contributed by atoms with Gasteiger partial charge in [0.15, 0.2) is 5.82 Å². The van der Waals surface area contributed by atoms with Crippen molar-refractivity contribution in [3.05, 3.63) is 30.1 Å². The van der Waals surface area contributed by atoms with Crippen LogP contribution in [0.1, 0.15) is 38.9 Å². The van der Waals surface area contributed by atoms with Crippen molar-refractivity contribution in [1.29, 1.82) is 0 Å². The van der Waals surface area contributed by atoms with Gasteiger partial charge in [0, 0.05) is 31.5 Å². The van der Waals surface area contributed by atoms with Crippen molar-refractivity contribution < 1.29 is 9.53 Å². The molecule has 150 valence electrons. The number of imidazole rings is 1. The third-order valence-electron chi connectivity index (χ3n) is 4.86. The molecule has 3 aromatic rings. The van der Waals surface area contributed by atoms with Gasteiger partial charge in [0.05, 0.1) is 11.0 Å². The highest BCUT2D eigenvalue weighted by Gasteiger charge is 2.17. The number of aromatic nitrogens is 3. The number of para-hydroxylation sites is 1. The molecule has 0 aliphatic rings. The average Bonchev–Trinajstić information content (AvgIpc) is 3.02. The van der Waals surface area contributed by atoms with E-state index < -0.39 is 0 Å². The van der Waals surface area contributed by atoms with Crippen molar-refractivity contribution in [3.8, 4) is 0 Å². The lowest BCUT2D eigenvalue weighted by Crippen LogP contribution is -2.35. The van der Waals surface area contributed by atoms with Crippen LogP contribution in [0.2, 0.25) is 0 Å². The summed E-state index contributed by atoms with van der Waals surface area (Å²) in [6.07, 6.45) is 3.70. The summed E-state index contributed by atoms with van der Waals surface area (Å²) in [5.41, 5.74) is 8.94. The second-order valence-corrected chi connectivity index (χ2v) is 7.18. The molecular weight excluding hydrogens is 354 g/mol. The Morgan fingerprint density at radius 1 is 1.32 bits per heavy atom. The minimum absolute atomic E-state index is 0.0837. The van der Waals surface area contributed by atoms with Crippen molar-refractivity contribution in [3.63, 3.8) is 0 Å². The number of pyridine rings is 1. The second kappa shape index (κ2) is 9.01. The van der Waals surface area contributed by atoms with Crippen LogP contribution in [-0.2, 0) is 22.5 Å². The number of nitrogen functional groups attached to an aromatic ring is 1. The van der Waals surface area contributed by atoms with Gasteiger partial charge in [-0.1, -0.05) is 25.1 Å². The lowest BCUT2D eigenvalue weighted by atomic mass is 10.1. The van der Waals surface area contributed by atoms with E-state index in [0.717, 1.165) is 60.0 Å². The van der Waals surface area contributed by atoms with Gasteiger partial charge in [-0.15, -0.1) is 0 Å². The van der Waals surface area contributed by atoms with Crippen LogP contribution in [0.5, 0.6) is 0 Å². The van der Waals surface area contributed by atoms with E-state index in [1.54, 1.807) is 0 Å². The lowest BCUT2D eigenvalue weighted by Gasteiger charge is -2.15. The molecule has 28 heavy (non-hydrogen) atoms. The number of ether oxygens (including phenoxy) is 1. The minimum Gasteiger partial charge on any atom is -0.382 e. The molecule has 0 bridgehead atoms. The third-order valence-corrected chi connectivity index (χ3v) is 4.86. The van der Waals surface area contributed by atoms with Gasteiger partial charge in [0.25, 0.3) is 0 Å². The van der Waals surface area contributed by atoms with E-state index >= 15 is 0 Å². The summed E-state index contributed by atoms with van der Waals surface area (Å²) < 4.78 is 7.15. The number of methoxy groups -OCH3 is 1. The fraction of sp³-hybridized carbons (Fsp3) is 0.476. The Balaban J connectivity index is 1.86. The molecule has 2 heterocycles. The van der Waals surface area contributed by atoms with Gasteiger partial charge < -0.3 is 20.4 Å². The van der Waals surface area contributed by atoms with Gasteiger partial charge in [-0.25, -0.2) is 9.97 Å². The number of aryl methyl sites for hydroxylation is 2. The number of hydrogen-bond acceptors (Lipinski definition) is 5. The van der Waals surface area contributed by atoms with Crippen molar-refractivity contribution in [1.82, 2.24) is 19.9 Å². The summed E-state index contributed by atoms with van der Waals surface area (Å²) in [6, 6.07) is 8.14. The molecule has 0 aliphatic carbocycles. The number of hydrogen-bond donors (Lipinski definition) is 2. The van der Waals surface area contributed by atoms with Gasteiger partial charge >= 0.3 is 0 Å². The zero-order valence-electron chi connectivity index (χ0n) is 16.9. The van der Waals surface area contributed by atoms with Gasteiger partial charge in [0.2, 0.25) is 5.91 Å². The van der Waals surface area contributed by atoms with Crippen LogP contribution in [-0.4, -0.2) is 40.2 Å². The first-order valence-electron chi connectivity index (χ1n) is 9.86. The quantitative estimate of drug-likeness (QED) is 0.592. The first kappa shape index (κ1) is 20.1. The third kappa shape index (κ3) is 4.25. The van der Waals surface area contributed by atoms with Gasteiger partial charge in [-0.3, -0.25) is 4.79 Å². The normalized spacial score (nSPS) is 12.5. The number of nitrogens with zero attached hydrogens (tertiary/aromatic N) is 3. The van der Waals surface area contributed by atoms with Gasteiger partial charge in [0.1, 0.15) is 17.9 Å². The van der Waals surface area contributed by atoms with Crippen molar-refractivity contribution in [2.75, 3.05) is 19.5 Å². The Kier molecular flexibility index (Phi) is 6.46. The standard InChI is InChI=1S/C21H29N5O2/c1-4-8-17-25-19-20(15-10-5-6-11-16(15)24-21(19)22)26(17)12-7-9-14(2)23-18(27)13-28-3/h5-6,10-11,14H,4,7-9,12-13H2,1-3H3,(H2,22,24)(H,23,27). The van der Waals surface area contributed by atoms with Crippen LogP contribution in [0.3, 0.4) is 0 Å². The Hall–Kier alpha value is -2.67. The number of carbonyl (C=O) groups is 1. The van der Waals surface area contributed by atoms with Crippen molar-refractivity contribution in [2.24, 2.45) is 0 Å². The van der Waals surface area contributed by atoms with Crippen LogP contribution in [0, 0.1) is 0 Å². The predicted octanol–water partition coefficient (Wildman–Crippen LogP) is 3.05. The molecule has 1 unspecified atom stereocenters. The van der Waals surface area contributed by atoms with Crippen LogP contribution in [0.25, 0.3) is 21.9 Å². The molecule has 0 fully saturated rings. The zero-order valence-corrected chi connectivity index (χ0v) is 16.9. The number of carbonyl (C=O) groups excluding carboxylic acids is 1. The van der Waals surface area contributed by atoms with Crippen molar-refractivity contribution >= 4 is 33.7 Å². The van der Waals surface area contributed by atoms with E-state index in [1.807, 2.05) is 25.1 Å². The molecule has 1 amide bonds. The number of benzene rings is 1. The Morgan fingerprint density at radius 2 is 2.11 bits per heavy atom. The highest BCUT2D eigenvalue weighted by Crippen LogP contribution is 2.29. The van der Waals surface area contributed by atoms with E-state index in [1.165, 1.54) is 7.11 Å². The monoisotopic (exact) mass is 383 g/mol. The largest absolute Gasteiger partial charge is 0.382 e. The Bertz CT molecular complexity index is 966. The second-order valence-electron chi connectivity index (χ2n) is 7.18. The average molecular weight is 383 g/mol. The number of fused-ring (bicyclic) bond motifs is 3. The van der Waals surface area contributed by atoms with E-state index in [0.29, 0.717) is 5.82 Å². The van der Waals surface area contributed by atoms with E-state index in [2.05, 4.69) is 27.9 Å². The fourth-order valence-corrected chi connectivity index (χ4v) is 3.64. The van der Waals surface area contributed by atoms with Crippen LogP contribution >= 0.6 is 0 Å². The maximum absolute atomic E-state index is 11.7. The molecule has 0 saturated heterocycles. The van der Waals surface area contributed by atoms with Crippen LogP contribution in [0.4, 0.5) is 5.82 Å². The molecule has 7 nitrogen and oxygen atoms in total. The summed E-state index contributed by atoms with van der Waals surface area (Å²) in [4.78, 5) is 21.0. The zero-order chi connectivity index (χ0) is 20.1. The van der Waals surface area contributed by atoms with E-state index in [4.69, 9.17) is 15.5 Å². The number of amides is 1. The molecule has 7 heteroatoms. The van der Waals surface area contributed by atoms with Crippen LogP contribution < -0.4 is 11.1 Å². The van der Waals surface area contributed by atoms with Gasteiger partial charge in [-0.2, -0.15) is 0 Å². The topological polar surface area (TPSA) is 95.1 Å². The summed E-state index contributed by atoms with van der Waals surface area (Å²) >= 11 is 0.